The molecule has 0 aromatic heterocycles. The van der Waals surface area contributed by atoms with E-state index in [1.54, 1.807) is 12.1 Å². The summed E-state index contributed by atoms with van der Waals surface area (Å²) in [5.74, 6) is -0.427. The van der Waals surface area contributed by atoms with Crippen LogP contribution in [0.1, 0.15) is 30.7 Å². The number of esters is 1. The number of methoxy groups -OCH3 is 1. The highest BCUT2D eigenvalue weighted by atomic mass is 79.9. The third kappa shape index (κ3) is 3.64. The van der Waals surface area contributed by atoms with E-state index in [4.69, 9.17) is 19.9 Å². The van der Waals surface area contributed by atoms with Gasteiger partial charge in [0.25, 0.3) is 0 Å². The minimum Gasteiger partial charge on any atom is -0.489 e. The number of halogens is 1. The summed E-state index contributed by atoms with van der Waals surface area (Å²) in [6, 6.07) is 5.41. The molecular weight excluding hydrogens is 414 g/mol. The first-order valence-corrected chi connectivity index (χ1v) is 9.32. The highest BCUT2D eigenvalue weighted by molar-refractivity contribution is 9.10. The summed E-state index contributed by atoms with van der Waals surface area (Å²) in [7, 11) is 1.27. The number of benzene rings is 1. The largest absolute Gasteiger partial charge is 0.489 e. The first-order chi connectivity index (χ1) is 13.0. The van der Waals surface area contributed by atoms with Crippen LogP contribution in [0.25, 0.3) is 0 Å². The predicted molar refractivity (Wildman–Crippen MR) is 103 cm³/mol. The fourth-order valence-electron chi connectivity index (χ4n) is 3.40. The van der Waals surface area contributed by atoms with Crippen molar-refractivity contribution in [3.63, 3.8) is 0 Å². The van der Waals surface area contributed by atoms with Crippen molar-refractivity contribution in [2.24, 2.45) is 5.73 Å². The van der Waals surface area contributed by atoms with Crippen LogP contribution in [0, 0.1) is 0 Å². The van der Waals surface area contributed by atoms with Gasteiger partial charge in [-0.15, -0.1) is 0 Å². The topological polar surface area (TPSA) is 87.8 Å². The van der Waals surface area contributed by atoms with Gasteiger partial charge >= 0.3 is 5.97 Å². The molecule has 7 heteroatoms. The molecule has 27 heavy (non-hydrogen) atoms. The Bertz CT molecular complexity index is 871. The Morgan fingerprint density at radius 3 is 2.93 bits per heavy atom. The average molecular weight is 434 g/mol. The first-order valence-electron chi connectivity index (χ1n) is 8.53. The average Bonchev–Trinajstić information content (AvgIpc) is 2.65. The molecule has 0 bridgehead atoms. The number of carbonyl (C=O) groups excluding carboxylic acids is 2. The molecule has 6 nitrogen and oxygen atoms in total. The maximum Gasteiger partial charge on any atom is 0.340 e. The second-order valence-corrected chi connectivity index (χ2v) is 7.12. The van der Waals surface area contributed by atoms with Gasteiger partial charge in [-0.2, -0.15) is 0 Å². The number of hydrogen-bond acceptors (Lipinski definition) is 6. The van der Waals surface area contributed by atoms with Crippen LogP contribution in [0.3, 0.4) is 0 Å². The SMILES string of the molecule is C=CCOc1ccc(Br)cc1[C@H]1C(C(=O)OC)=C(N)OC2=C1C(=O)CCC2. The fourth-order valence-corrected chi connectivity index (χ4v) is 3.78. The predicted octanol–water partition coefficient (Wildman–Crippen LogP) is 3.48. The summed E-state index contributed by atoms with van der Waals surface area (Å²) >= 11 is 3.45. The summed E-state index contributed by atoms with van der Waals surface area (Å²) in [6.07, 6.45) is 3.29. The molecule has 1 aliphatic carbocycles. The molecule has 0 spiro atoms. The molecule has 1 aromatic carbocycles. The maximum absolute atomic E-state index is 12.8. The van der Waals surface area contributed by atoms with Crippen LogP contribution in [0.5, 0.6) is 5.75 Å². The second-order valence-electron chi connectivity index (χ2n) is 6.20. The smallest absolute Gasteiger partial charge is 0.340 e. The zero-order valence-electron chi connectivity index (χ0n) is 14.9. The van der Waals surface area contributed by atoms with Gasteiger partial charge in [-0.05, 0) is 24.6 Å². The van der Waals surface area contributed by atoms with Gasteiger partial charge < -0.3 is 19.9 Å². The Kier molecular flexibility index (Phi) is 5.70. The van der Waals surface area contributed by atoms with Gasteiger partial charge in [-0.1, -0.05) is 28.6 Å². The number of allylic oxidation sites excluding steroid dienone is 2. The lowest BCUT2D eigenvalue weighted by atomic mass is 9.77. The highest BCUT2D eigenvalue weighted by Crippen LogP contribution is 2.47. The van der Waals surface area contributed by atoms with E-state index >= 15 is 0 Å². The molecule has 3 rings (SSSR count). The Morgan fingerprint density at radius 1 is 1.44 bits per heavy atom. The molecule has 1 atom stereocenters. The normalized spacial score (nSPS) is 19.3. The van der Waals surface area contributed by atoms with E-state index in [2.05, 4.69) is 22.5 Å². The van der Waals surface area contributed by atoms with Gasteiger partial charge in [0.1, 0.15) is 23.7 Å². The maximum atomic E-state index is 12.8. The van der Waals surface area contributed by atoms with Gasteiger partial charge in [-0.25, -0.2) is 4.79 Å². The van der Waals surface area contributed by atoms with E-state index in [0.717, 1.165) is 4.47 Å². The molecule has 2 aliphatic rings. The zero-order chi connectivity index (χ0) is 19.6. The number of ketones is 1. The molecular formula is C20H20BrNO5. The lowest BCUT2D eigenvalue weighted by Gasteiger charge is -2.33. The van der Waals surface area contributed by atoms with Gasteiger partial charge in [0.15, 0.2) is 5.78 Å². The molecule has 0 saturated heterocycles. The Hall–Kier alpha value is -2.54. The van der Waals surface area contributed by atoms with E-state index in [0.29, 0.717) is 41.9 Å². The molecule has 1 heterocycles. The summed E-state index contributed by atoms with van der Waals surface area (Å²) in [5, 5.41) is 0. The van der Waals surface area contributed by atoms with E-state index in [1.807, 2.05) is 12.1 Å². The van der Waals surface area contributed by atoms with E-state index in [-0.39, 0.29) is 23.8 Å². The third-order valence-corrected chi connectivity index (χ3v) is 5.02. The van der Waals surface area contributed by atoms with Crippen LogP contribution in [0.2, 0.25) is 0 Å². The van der Waals surface area contributed by atoms with Crippen LogP contribution in [0.4, 0.5) is 0 Å². The first kappa shape index (κ1) is 19.2. The minimum absolute atomic E-state index is 0.0463. The second kappa shape index (κ2) is 8.00. The molecule has 0 fully saturated rings. The third-order valence-electron chi connectivity index (χ3n) is 4.53. The Morgan fingerprint density at radius 2 is 2.22 bits per heavy atom. The Labute approximate surface area is 165 Å². The number of hydrogen-bond donors (Lipinski definition) is 1. The van der Waals surface area contributed by atoms with Crippen molar-refractivity contribution in [2.75, 3.05) is 13.7 Å². The van der Waals surface area contributed by atoms with E-state index in [9.17, 15) is 9.59 Å². The van der Waals surface area contributed by atoms with Crippen molar-refractivity contribution in [2.45, 2.75) is 25.2 Å². The monoisotopic (exact) mass is 433 g/mol. The summed E-state index contributed by atoms with van der Waals surface area (Å²) in [5.41, 5.74) is 7.25. The molecule has 0 radical (unpaired) electrons. The summed E-state index contributed by atoms with van der Waals surface area (Å²) < 4.78 is 17.1. The zero-order valence-corrected chi connectivity index (χ0v) is 16.5. The highest BCUT2D eigenvalue weighted by Gasteiger charge is 2.42. The molecule has 142 valence electrons. The van der Waals surface area contributed by atoms with Crippen molar-refractivity contribution in [1.82, 2.24) is 0 Å². The summed E-state index contributed by atoms with van der Waals surface area (Å²) in [4.78, 5) is 25.3. The van der Waals surface area contributed by atoms with Crippen molar-refractivity contribution in [1.29, 1.82) is 0 Å². The van der Waals surface area contributed by atoms with Crippen LogP contribution in [0.15, 0.2) is 58.1 Å². The van der Waals surface area contributed by atoms with Crippen LogP contribution < -0.4 is 10.5 Å². The van der Waals surface area contributed by atoms with Crippen molar-refractivity contribution >= 4 is 27.7 Å². The summed E-state index contributed by atoms with van der Waals surface area (Å²) in [6.45, 7) is 3.94. The molecule has 1 aliphatic heterocycles. The number of carbonyl (C=O) groups is 2. The molecule has 2 N–H and O–H groups in total. The van der Waals surface area contributed by atoms with E-state index in [1.165, 1.54) is 7.11 Å². The molecule has 1 aromatic rings. The van der Waals surface area contributed by atoms with Gasteiger partial charge in [0.05, 0.1) is 13.0 Å². The van der Waals surface area contributed by atoms with Crippen LogP contribution in [-0.2, 0) is 19.1 Å². The number of Topliss-reactive ketones (excluding diaryl/α,β-unsaturated/α-hetero) is 1. The minimum atomic E-state index is -0.716. The molecule has 0 unspecified atom stereocenters. The Balaban J connectivity index is 2.23. The standard InChI is InChI=1S/C20H20BrNO5/c1-3-9-26-14-8-7-11(21)10-12(14)16-17-13(23)5-4-6-15(17)27-19(22)18(16)20(24)25-2/h3,7-8,10,16H,1,4-6,9,22H2,2H3/t16-/m1/s1. The van der Waals surface area contributed by atoms with Gasteiger partial charge in [0, 0.05) is 28.5 Å². The molecule has 0 saturated carbocycles. The van der Waals surface area contributed by atoms with Crippen molar-refractivity contribution in [3.05, 3.63) is 63.7 Å². The van der Waals surface area contributed by atoms with Crippen molar-refractivity contribution < 1.29 is 23.8 Å². The lowest BCUT2D eigenvalue weighted by Crippen LogP contribution is -2.31. The van der Waals surface area contributed by atoms with Crippen molar-refractivity contribution in [3.8, 4) is 5.75 Å². The quantitative estimate of drug-likeness (QED) is 0.564. The van der Waals surface area contributed by atoms with Crippen LogP contribution in [-0.4, -0.2) is 25.5 Å². The number of nitrogens with two attached hydrogens (primary N) is 1. The molecule has 0 amide bonds. The lowest BCUT2D eigenvalue weighted by molar-refractivity contribution is -0.136. The number of ether oxygens (including phenoxy) is 3. The fraction of sp³-hybridized carbons (Fsp3) is 0.300. The van der Waals surface area contributed by atoms with Gasteiger partial charge in [-0.3, -0.25) is 4.79 Å². The van der Waals surface area contributed by atoms with E-state index < -0.39 is 11.9 Å². The van der Waals surface area contributed by atoms with Gasteiger partial charge in [0.2, 0.25) is 5.88 Å². The van der Waals surface area contributed by atoms with Crippen LogP contribution >= 0.6 is 15.9 Å². The number of rotatable bonds is 5.